The highest BCUT2D eigenvalue weighted by atomic mass is 32.2. The highest BCUT2D eigenvalue weighted by Gasteiger charge is 2.06. The minimum absolute atomic E-state index is 0.0456. The van der Waals surface area contributed by atoms with Crippen LogP contribution < -0.4 is 11.3 Å². The Kier molecular flexibility index (Phi) is 4.92. The van der Waals surface area contributed by atoms with Crippen molar-refractivity contribution in [3.8, 4) is 0 Å². The second-order valence-corrected chi connectivity index (χ2v) is 5.62. The second kappa shape index (κ2) is 6.67. The standard InChI is InChI=1S/C14H18N4OS/c1-3-4-11-8-12(19)18-14(17-11)20-13-7-10(9(2)15)5-6-16-13/h5-9H,3-4,15H2,1-2H3,(H,17,18,19)/t9-/m1/s1. The molecule has 6 heteroatoms. The Balaban J connectivity index is 2.25. The molecule has 0 aliphatic heterocycles. The van der Waals surface area contributed by atoms with Crippen LogP contribution in [0, 0.1) is 0 Å². The van der Waals surface area contributed by atoms with E-state index in [1.54, 1.807) is 12.3 Å². The number of nitrogens with zero attached hydrogens (tertiary/aromatic N) is 2. The third kappa shape index (κ3) is 3.91. The van der Waals surface area contributed by atoms with Gasteiger partial charge < -0.3 is 10.7 Å². The van der Waals surface area contributed by atoms with Gasteiger partial charge in [-0.15, -0.1) is 0 Å². The molecule has 0 aliphatic carbocycles. The Morgan fingerprint density at radius 1 is 1.45 bits per heavy atom. The zero-order valence-electron chi connectivity index (χ0n) is 11.6. The Morgan fingerprint density at radius 3 is 2.95 bits per heavy atom. The van der Waals surface area contributed by atoms with Crippen molar-refractivity contribution in [2.45, 2.75) is 42.9 Å². The Labute approximate surface area is 122 Å². The Hall–Kier alpha value is -1.66. The van der Waals surface area contributed by atoms with Crippen molar-refractivity contribution in [2.75, 3.05) is 0 Å². The van der Waals surface area contributed by atoms with Crippen LogP contribution in [0.4, 0.5) is 0 Å². The van der Waals surface area contributed by atoms with Crippen LogP contribution in [0.1, 0.15) is 37.6 Å². The lowest BCUT2D eigenvalue weighted by molar-refractivity contribution is 0.804. The van der Waals surface area contributed by atoms with Gasteiger partial charge in [-0.25, -0.2) is 9.97 Å². The number of aromatic amines is 1. The highest BCUT2D eigenvalue weighted by molar-refractivity contribution is 7.99. The van der Waals surface area contributed by atoms with Crippen LogP contribution in [0.2, 0.25) is 0 Å². The van der Waals surface area contributed by atoms with Crippen LogP contribution >= 0.6 is 11.8 Å². The summed E-state index contributed by atoms with van der Waals surface area (Å²) >= 11 is 1.34. The molecule has 0 bridgehead atoms. The van der Waals surface area contributed by atoms with Crippen LogP contribution in [0.15, 0.2) is 39.4 Å². The van der Waals surface area contributed by atoms with Gasteiger partial charge in [0.2, 0.25) is 0 Å². The summed E-state index contributed by atoms with van der Waals surface area (Å²) in [5.74, 6) is 0. The number of pyridine rings is 1. The van der Waals surface area contributed by atoms with Crippen molar-refractivity contribution >= 4 is 11.8 Å². The van der Waals surface area contributed by atoms with E-state index in [1.165, 1.54) is 11.8 Å². The fourth-order valence-corrected chi connectivity index (χ4v) is 2.60. The van der Waals surface area contributed by atoms with E-state index in [0.717, 1.165) is 29.1 Å². The average Bonchev–Trinajstić information content (AvgIpc) is 2.38. The van der Waals surface area contributed by atoms with Crippen molar-refractivity contribution in [2.24, 2.45) is 5.73 Å². The van der Waals surface area contributed by atoms with Crippen molar-refractivity contribution in [1.29, 1.82) is 0 Å². The first kappa shape index (κ1) is 14.7. The van der Waals surface area contributed by atoms with E-state index in [-0.39, 0.29) is 11.6 Å². The molecule has 2 aromatic heterocycles. The van der Waals surface area contributed by atoms with Gasteiger partial charge in [-0.3, -0.25) is 4.79 Å². The summed E-state index contributed by atoms with van der Waals surface area (Å²) in [6.45, 7) is 3.98. The number of hydrogen-bond donors (Lipinski definition) is 2. The van der Waals surface area contributed by atoms with E-state index in [4.69, 9.17) is 5.73 Å². The van der Waals surface area contributed by atoms with Crippen molar-refractivity contribution in [1.82, 2.24) is 15.0 Å². The number of nitrogens with one attached hydrogen (secondary N) is 1. The van der Waals surface area contributed by atoms with Crippen molar-refractivity contribution < 1.29 is 0 Å². The maximum absolute atomic E-state index is 11.6. The van der Waals surface area contributed by atoms with Gasteiger partial charge in [-0.05, 0) is 42.8 Å². The van der Waals surface area contributed by atoms with Gasteiger partial charge in [0.25, 0.3) is 5.56 Å². The van der Waals surface area contributed by atoms with Crippen LogP contribution in [-0.4, -0.2) is 15.0 Å². The molecule has 5 nitrogen and oxygen atoms in total. The number of rotatable bonds is 5. The quantitative estimate of drug-likeness (QED) is 0.825. The number of nitrogens with two attached hydrogens (primary N) is 1. The fourth-order valence-electron chi connectivity index (χ4n) is 1.78. The fraction of sp³-hybridized carbons (Fsp3) is 0.357. The van der Waals surface area contributed by atoms with Crippen LogP contribution in [-0.2, 0) is 6.42 Å². The smallest absolute Gasteiger partial charge is 0.251 e. The lowest BCUT2D eigenvalue weighted by atomic mass is 10.1. The maximum Gasteiger partial charge on any atom is 0.251 e. The summed E-state index contributed by atoms with van der Waals surface area (Å²) in [5.41, 5.74) is 7.54. The minimum Gasteiger partial charge on any atom is -0.324 e. The third-order valence-corrected chi connectivity index (χ3v) is 3.58. The number of H-pyrrole nitrogens is 1. The molecule has 3 N–H and O–H groups in total. The van der Waals surface area contributed by atoms with Gasteiger partial charge in [0.15, 0.2) is 5.16 Å². The molecule has 2 rings (SSSR count). The summed E-state index contributed by atoms with van der Waals surface area (Å²) in [6, 6.07) is 5.30. The van der Waals surface area contributed by atoms with E-state index in [2.05, 4.69) is 21.9 Å². The molecule has 0 radical (unpaired) electrons. The van der Waals surface area contributed by atoms with Crippen LogP contribution in [0.25, 0.3) is 0 Å². The van der Waals surface area contributed by atoms with E-state index in [1.807, 2.05) is 19.1 Å². The summed E-state index contributed by atoms with van der Waals surface area (Å²) in [7, 11) is 0. The SMILES string of the molecule is CCCc1cc(=O)[nH]c(Sc2cc([C@@H](C)N)ccn2)n1. The first-order chi connectivity index (χ1) is 9.58. The van der Waals surface area contributed by atoms with E-state index in [0.29, 0.717) is 5.16 Å². The number of aromatic nitrogens is 3. The zero-order chi connectivity index (χ0) is 14.5. The molecule has 0 unspecified atom stereocenters. The average molecular weight is 290 g/mol. The third-order valence-electron chi connectivity index (χ3n) is 2.77. The molecular formula is C14H18N4OS. The molecule has 0 saturated heterocycles. The lowest BCUT2D eigenvalue weighted by Crippen LogP contribution is -2.10. The minimum atomic E-state index is -0.130. The first-order valence-corrected chi connectivity index (χ1v) is 7.39. The monoisotopic (exact) mass is 290 g/mol. The van der Waals surface area contributed by atoms with Gasteiger partial charge in [-0.1, -0.05) is 13.3 Å². The second-order valence-electron chi connectivity index (χ2n) is 4.61. The maximum atomic E-state index is 11.6. The molecule has 0 aliphatic rings. The molecule has 0 spiro atoms. The lowest BCUT2D eigenvalue weighted by Gasteiger charge is -2.07. The van der Waals surface area contributed by atoms with E-state index >= 15 is 0 Å². The van der Waals surface area contributed by atoms with E-state index in [9.17, 15) is 4.79 Å². The molecule has 2 heterocycles. The van der Waals surface area contributed by atoms with Crippen molar-refractivity contribution in [3.05, 3.63) is 46.0 Å². The Bertz CT molecular complexity index is 639. The van der Waals surface area contributed by atoms with Gasteiger partial charge >= 0.3 is 0 Å². The van der Waals surface area contributed by atoms with Crippen molar-refractivity contribution in [3.63, 3.8) is 0 Å². The topological polar surface area (TPSA) is 84.7 Å². The highest BCUT2D eigenvalue weighted by Crippen LogP contribution is 2.24. The number of hydrogen-bond acceptors (Lipinski definition) is 5. The molecule has 2 aromatic rings. The van der Waals surface area contributed by atoms with Gasteiger partial charge in [-0.2, -0.15) is 0 Å². The predicted molar refractivity (Wildman–Crippen MR) is 79.8 cm³/mol. The molecule has 0 saturated carbocycles. The normalized spacial score (nSPS) is 12.3. The molecule has 20 heavy (non-hydrogen) atoms. The summed E-state index contributed by atoms with van der Waals surface area (Å²) in [6.07, 6.45) is 3.47. The zero-order valence-corrected chi connectivity index (χ0v) is 12.4. The molecule has 106 valence electrons. The van der Waals surface area contributed by atoms with Crippen LogP contribution in [0.5, 0.6) is 0 Å². The predicted octanol–water partition coefficient (Wildman–Crippen LogP) is 2.29. The summed E-state index contributed by atoms with van der Waals surface area (Å²) in [4.78, 5) is 23.0. The summed E-state index contributed by atoms with van der Waals surface area (Å²) < 4.78 is 0. The molecule has 0 amide bonds. The van der Waals surface area contributed by atoms with Crippen LogP contribution in [0.3, 0.4) is 0 Å². The van der Waals surface area contributed by atoms with E-state index < -0.39 is 0 Å². The Morgan fingerprint density at radius 2 is 2.25 bits per heavy atom. The van der Waals surface area contributed by atoms with Gasteiger partial charge in [0.05, 0.1) is 0 Å². The molecular weight excluding hydrogens is 272 g/mol. The molecule has 1 atom stereocenters. The molecule has 0 fully saturated rings. The molecule has 0 aromatic carbocycles. The largest absolute Gasteiger partial charge is 0.324 e. The number of aryl methyl sites for hydroxylation is 1. The summed E-state index contributed by atoms with van der Waals surface area (Å²) in [5, 5.41) is 1.34. The van der Waals surface area contributed by atoms with Gasteiger partial charge in [0, 0.05) is 24.0 Å². The van der Waals surface area contributed by atoms with Gasteiger partial charge in [0.1, 0.15) is 5.03 Å². The first-order valence-electron chi connectivity index (χ1n) is 6.58.